The Balaban J connectivity index is 2.41. The summed E-state index contributed by atoms with van der Waals surface area (Å²) in [6, 6.07) is 5.62. The van der Waals surface area contributed by atoms with E-state index in [1.54, 1.807) is 7.11 Å². The zero-order valence-corrected chi connectivity index (χ0v) is 10.8. The standard InChI is InChI=1S/C12H19ClN2O/c1-9(2)7-10(13)8-14-11-5-4-6-12(15-11)16-3/h4-6,9-10H,7-8H2,1-3H3,(H,14,15). The highest BCUT2D eigenvalue weighted by Crippen LogP contribution is 2.14. The minimum absolute atomic E-state index is 0.132. The van der Waals surface area contributed by atoms with Gasteiger partial charge in [-0.3, -0.25) is 0 Å². The Hall–Kier alpha value is -0.960. The molecule has 1 rings (SSSR count). The van der Waals surface area contributed by atoms with E-state index in [-0.39, 0.29) is 5.38 Å². The summed E-state index contributed by atoms with van der Waals surface area (Å²) in [5.74, 6) is 2.02. The van der Waals surface area contributed by atoms with Crippen molar-refractivity contribution in [1.29, 1.82) is 0 Å². The minimum Gasteiger partial charge on any atom is -0.481 e. The number of anilines is 1. The first-order valence-electron chi connectivity index (χ1n) is 5.50. The molecule has 90 valence electrons. The van der Waals surface area contributed by atoms with Crippen LogP contribution < -0.4 is 10.1 Å². The van der Waals surface area contributed by atoms with Crippen LogP contribution in [0.15, 0.2) is 18.2 Å². The van der Waals surface area contributed by atoms with Crippen molar-refractivity contribution in [2.75, 3.05) is 19.0 Å². The maximum absolute atomic E-state index is 6.18. The monoisotopic (exact) mass is 242 g/mol. The van der Waals surface area contributed by atoms with Gasteiger partial charge in [0.25, 0.3) is 0 Å². The molecule has 3 nitrogen and oxygen atoms in total. The lowest BCUT2D eigenvalue weighted by atomic mass is 10.1. The zero-order chi connectivity index (χ0) is 12.0. The molecule has 1 N–H and O–H groups in total. The van der Waals surface area contributed by atoms with E-state index in [2.05, 4.69) is 24.1 Å². The molecule has 1 heterocycles. The second-order valence-corrected chi connectivity index (χ2v) is 4.79. The maximum atomic E-state index is 6.18. The van der Waals surface area contributed by atoms with Gasteiger partial charge in [-0.1, -0.05) is 19.9 Å². The van der Waals surface area contributed by atoms with Crippen LogP contribution in [0.25, 0.3) is 0 Å². The minimum atomic E-state index is 0.132. The summed E-state index contributed by atoms with van der Waals surface area (Å²) >= 11 is 6.18. The number of nitrogens with one attached hydrogen (secondary N) is 1. The Morgan fingerprint density at radius 3 is 2.81 bits per heavy atom. The van der Waals surface area contributed by atoms with Crippen molar-refractivity contribution >= 4 is 17.4 Å². The molecule has 16 heavy (non-hydrogen) atoms. The van der Waals surface area contributed by atoms with E-state index in [0.29, 0.717) is 11.8 Å². The van der Waals surface area contributed by atoms with E-state index >= 15 is 0 Å². The summed E-state index contributed by atoms with van der Waals surface area (Å²) in [7, 11) is 1.61. The van der Waals surface area contributed by atoms with Gasteiger partial charge in [0.2, 0.25) is 5.88 Å². The SMILES string of the molecule is COc1cccc(NCC(Cl)CC(C)C)n1. The Labute approximate surface area is 102 Å². The van der Waals surface area contributed by atoms with Gasteiger partial charge in [0.15, 0.2) is 0 Å². The molecule has 0 saturated carbocycles. The summed E-state index contributed by atoms with van der Waals surface area (Å²) in [5.41, 5.74) is 0. The second-order valence-electron chi connectivity index (χ2n) is 4.17. The van der Waals surface area contributed by atoms with Crippen LogP contribution in [0.5, 0.6) is 5.88 Å². The average molecular weight is 243 g/mol. The van der Waals surface area contributed by atoms with Crippen LogP contribution >= 0.6 is 11.6 Å². The number of hydrogen-bond donors (Lipinski definition) is 1. The van der Waals surface area contributed by atoms with E-state index in [1.807, 2.05) is 18.2 Å². The molecule has 0 radical (unpaired) electrons. The molecule has 0 aliphatic heterocycles. The number of rotatable bonds is 6. The zero-order valence-electron chi connectivity index (χ0n) is 10.0. The Kier molecular flexibility index (Phi) is 5.39. The summed E-state index contributed by atoms with van der Waals surface area (Å²) in [5, 5.41) is 3.33. The highest BCUT2D eigenvalue weighted by Gasteiger charge is 2.07. The molecule has 0 aliphatic rings. The fourth-order valence-electron chi connectivity index (χ4n) is 1.44. The van der Waals surface area contributed by atoms with E-state index in [9.17, 15) is 0 Å². The Morgan fingerprint density at radius 2 is 2.19 bits per heavy atom. The van der Waals surface area contributed by atoms with Gasteiger partial charge in [-0.2, -0.15) is 4.98 Å². The van der Waals surface area contributed by atoms with Crippen molar-refractivity contribution < 1.29 is 4.74 Å². The Bertz CT molecular complexity index is 318. The Morgan fingerprint density at radius 1 is 1.44 bits per heavy atom. The molecule has 0 aliphatic carbocycles. The van der Waals surface area contributed by atoms with Gasteiger partial charge in [-0.15, -0.1) is 11.6 Å². The van der Waals surface area contributed by atoms with E-state index in [4.69, 9.17) is 16.3 Å². The summed E-state index contributed by atoms with van der Waals surface area (Å²) in [6.45, 7) is 5.05. The molecular formula is C12H19ClN2O. The van der Waals surface area contributed by atoms with E-state index in [1.165, 1.54) is 0 Å². The predicted molar refractivity (Wildman–Crippen MR) is 68.4 cm³/mol. The largest absolute Gasteiger partial charge is 0.481 e. The van der Waals surface area contributed by atoms with Crippen LogP contribution in [-0.2, 0) is 0 Å². The molecule has 0 saturated heterocycles. The fraction of sp³-hybridized carbons (Fsp3) is 0.583. The molecule has 0 bridgehead atoms. The third-order valence-electron chi connectivity index (χ3n) is 2.16. The first-order valence-corrected chi connectivity index (χ1v) is 5.94. The van der Waals surface area contributed by atoms with Crippen molar-refractivity contribution in [3.63, 3.8) is 0 Å². The number of hydrogen-bond acceptors (Lipinski definition) is 3. The molecular weight excluding hydrogens is 224 g/mol. The normalized spacial score (nSPS) is 12.6. The van der Waals surface area contributed by atoms with Gasteiger partial charge in [-0.25, -0.2) is 0 Å². The number of pyridine rings is 1. The molecule has 1 unspecified atom stereocenters. The number of alkyl halides is 1. The van der Waals surface area contributed by atoms with Crippen LogP contribution in [0.4, 0.5) is 5.82 Å². The number of halogens is 1. The first-order chi connectivity index (χ1) is 7.61. The van der Waals surface area contributed by atoms with Crippen molar-refractivity contribution in [2.24, 2.45) is 5.92 Å². The predicted octanol–water partition coefficient (Wildman–Crippen LogP) is 3.16. The number of aromatic nitrogens is 1. The van der Waals surface area contributed by atoms with Gasteiger partial charge in [0, 0.05) is 12.6 Å². The smallest absolute Gasteiger partial charge is 0.214 e. The topological polar surface area (TPSA) is 34.1 Å². The van der Waals surface area contributed by atoms with Crippen LogP contribution in [-0.4, -0.2) is 24.0 Å². The molecule has 0 fully saturated rings. The maximum Gasteiger partial charge on any atom is 0.214 e. The number of ether oxygens (including phenoxy) is 1. The van der Waals surface area contributed by atoms with Crippen LogP contribution in [0.2, 0.25) is 0 Å². The van der Waals surface area contributed by atoms with Crippen LogP contribution in [0.3, 0.4) is 0 Å². The molecule has 0 spiro atoms. The molecule has 0 amide bonds. The summed E-state index contributed by atoms with van der Waals surface area (Å²) in [4.78, 5) is 4.25. The average Bonchev–Trinajstić information content (AvgIpc) is 2.26. The molecule has 1 atom stereocenters. The lowest BCUT2D eigenvalue weighted by molar-refractivity contribution is 0.398. The highest BCUT2D eigenvalue weighted by molar-refractivity contribution is 6.20. The molecule has 1 aromatic heterocycles. The first kappa shape index (κ1) is 13.1. The van der Waals surface area contributed by atoms with Gasteiger partial charge in [0.1, 0.15) is 5.82 Å². The summed E-state index contributed by atoms with van der Waals surface area (Å²) < 4.78 is 5.04. The van der Waals surface area contributed by atoms with Gasteiger partial charge in [-0.05, 0) is 18.4 Å². The van der Waals surface area contributed by atoms with Gasteiger partial charge >= 0.3 is 0 Å². The van der Waals surface area contributed by atoms with Crippen molar-refractivity contribution in [1.82, 2.24) is 4.98 Å². The molecule has 1 aromatic rings. The van der Waals surface area contributed by atoms with E-state index < -0.39 is 0 Å². The molecule has 0 aromatic carbocycles. The van der Waals surface area contributed by atoms with Crippen molar-refractivity contribution in [2.45, 2.75) is 25.6 Å². The van der Waals surface area contributed by atoms with Crippen molar-refractivity contribution in [3.05, 3.63) is 18.2 Å². The highest BCUT2D eigenvalue weighted by atomic mass is 35.5. The van der Waals surface area contributed by atoms with Gasteiger partial charge < -0.3 is 10.1 Å². The number of methoxy groups -OCH3 is 1. The lowest BCUT2D eigenvalue weighted by Crippen LogP contribution is -2.16. The van der Waals surface area contributed by atoms with Crippen LogP contribution in [0.1, 0.15) is 20.3 Å². The quantitative estimate of drug-likeness (QED) is 0.779. The second kappa shape index (κ2) is 6.59. The van der Waals surface area contributed by atoms with Crippen molar-refractivity contribution in [3.8, 4) is 5.88 Å². The van der Waals surface area contributed by atoms with Gasteiger partial charge in [0.05, 0.1) is 12.5 Å². The van der Waals surface area contributed by atoms with Crippen LogP contribution in [0, 0.1) is 5.92 Å². The third kappa shape index (κ3) is 4.71. The third-order valence-corrected chi connectivity index (χ3v) is 2.50. The van der Waals surface area contributed by atoms with E-state index in [0.717, 1.165) is 18.8 Å². The molecule has 4 heteroatoms. The number of nitrogens with zero attached hydrogens (tertiary/aromatic N) is 1. The summed E-state index contributed by atoms with van der Waals surface area (Å²) in [6.07, 6.45) is 0.999. The fourth-order valence-corrected chi connectivity index (χ4v) is 1.87. The lowest BCUT2D eigenvalue weighted by Gasteiger charge is -2.13.